The Balaban J connectivity index is 2.70. The molecule has 76 valence electrons. The molecule has 3 N–H and O–H groups in total. The second-order valence-electron chi connectivity index (χ2n) is 2.86. The quantitative estimate of drug-likeness (QED) is 0.863. The van der Waals surface area contributed by atoms with Gasteiger partial charge in [-0.25, -0.2) is 0 Å². The van der Waals surface area contributed by atoms with Crippen molar-refractivity contribution >= 4 is 27.5 Å². The highest BCUT2D eigenvalue weighted by Crippen LogP contribution is 2.19. The van der Waals surface area contributed by atoms with Gasteiger partial charge in [0, 0.05) is 12.4 Å². The van der Waals surface area contributed by atoms with Gasteiger partial charge in [0.1, 0.15) is 0 Å². The van der Waals surface area contributed by atoms with Crippen LogP contribution >= 0.6 is 15.9 Å². The number of carbonyl (C=O) groups is 1. The average molecular weight is 258 g/mol. The first-order valence-corrected chi connectivity index (χ1v) is 5.10. The Hall–Kier alpha value is -0.940. The van der Waals surface area contributed by atoms with Crippen molar-refractivity contribution < 1.29 is 4.79 Å². The first-order chi connectivity index (χ1) is 6.65. The van der Waals surface area contributed by atoms with Gasteiger partial charge in [-0.1, -0.05) is 6.92 Å². The minimum Gasteiger partial charge on any atom is -0.324 e. The number of nitrogens with one attached hydrogen (secondary N) is 1. The molecule has 1 heterocycles. The predicted molar refractivity (Wildman–Crippen MR) is 58.8 cm³/mol. The smallest absolute Gasteiger partial charge is 0.241 e. The topological polar surface area (TPSA) is 68.0 Å². The van der Waals surface area contributed by atoms with Crippen molar-refractivity contribution in [2.45, 2.75) is 19.4 Å². The Morgan fingerprint density at radius 3 is 3.07 bits per heavy atom. The molecule has 1 aromatic rings. The van der Waals surface area contributed by atoms with Gasteiger partial charge in [0.05, 0.1) is 16.2 Å². The average Bonchev–Trinajstić information content (AvgIpc) is 2.20. The molecule has 0 aromatic carbocycles. The number of hydrogen-bond acceptors (Lipinski definition) is 3. The van der Waals surface area contributed by atoms with E-state index < -0.39 is 6.04 Å². The molecular formula is C9H12BrN3O. The van der Waals surface area contributed by atoms with E-state index in [1.165, 1.54) is 0 Å². The summed E-state index contributed by atoms with van der Waals surface area (Å²) in [7, 11) is 0. The Kier molecular flexibility index (Phi) is 4.03. The van der Waals surface area contributed by atoms with E-state index >= 15 is 0 Å². The number of amides is 1. The summed E-state index contributed by atoms with van der Waals surface area (Å²) in [6.07, 6.45) is 3.85. The Morgan fingerprint density at radius 1 is 1.79 bits per heavy atom. The summed E-state index contributed by atoms with van der Waals surface area (Å²) >= 11 is 3.28. The van der Waals surface area contributed by atoms with Crippen LogP contribution in [0, 0.1) is 0 Å². The molecule has 1 rings (SSSR count). The van der Waals surface area contributed by atoms with Crippen molar-refractivity contribution in [1.82, 2.24) is 4.98 Å². The van der Waals surface area contributed by atoms with E-state index in [9.17, 15) is 4.79 Å². The van der Waals surface area contributed by atoms with Crippen LogP contribution in [0.2, 0.25) is 0 Å². The number of nitrogens with two attached hydrogens (primary N) is 1. The fourth-order valence-electron chi connectivity index (χ4n) is 0.887. The number of anilines is 1. The van der Waals surface area contributed by atoms with Crippen molar-refractivity contribution in [3.8, 4) is 0 Å². The van der Waals surface area contributed by atoms with Gasteiger partial charge in [-0.05, 0) is 28.4 Å². The molecule has 1 atom stereocenters. The van der Waals surface area contributed by atoms with Crippen LogP contribution in [0.5, 0.6) is 0 Å². The number of carbonyl (C=O) groups excluding carboxylic acids is 1. The number of nitrogens with zero attached hydrogens (tertiary/aromatic N) is 1. The van der Waals surface area contributed by atoms with Gasteiger partial charge in [0.15, 0.2) is 0 Å². The first kappa shape index (κ1) is 11.1. The van der Waals surface area contributed by atoms with Crippen LogP contribution in [-0.2, 0) is 4.79 Å². The number of aromatic nitrogens is 1. The molecule has 0 aliphatic carbocycles. The number of rotatable bonds is 3. The molecule has 1 amide bonds. The predicted octanol–water partition coefficient (Wildman–Crippen LogP) is 1.52. The standard InChI is InChI=1S/C9H12BrN3O/c1-2-7(11)9(14)13-8-3-4-12-5-6(8)10/h3-5,7H,2,11H2,1H3,(H,12,13,14)/t7-/m0/s1. The monoisotopic (exact) mass is 257 g/mol. The van der Waals surface area contributed by atoms with Crippen molar-refractivity contribution in [3.63, 3.8) is 0 Å². The number of halogens is 1. The highest BCUT2D eigenvalue weighted by atomic mass is 79.9. The van der Waals surface area contributed by atoms with Gasteiger partial charge < -0.3 is 11.1 Å². The summed E-state index contributed by atoms with van der Waals surface area (Å²) in [4.78, 5) is 15.3. The first-order valence-electron chi connectivity index (χ1n) is 4.31. The van der Waals surface area contributed by atoms with Crippen LogP contribution in [0.3, 0.4) is 0 Å². The zero-order valence-corrected chi connectivity index (χ0v) is 9.41. The van der Waals surface area contributed by atoms with Gasteiger partial charge in [-0.15, -0.1) is 0 Å². The normalized spacial score (nSPS) is 12.2. The molecule has 0 aliphatic rings. The second-order valence-corrected chi connectivity index (χ2v) is 3.71. The summed E-state index contributed by atoms with van der Waals surface area (Å²) in [5.74, 6) is -0.181. The summed E-state index contributed by atoms with van der Waals surface area (Å²) in [6, 6.07) is 1.25. The highest BCUT2D eigenvalue weighted by Gasteiger charge is 2.11. The lowest BCUT2D eigenvalue weighted by Crippen LogP contribution is -2.34. The second kappa shape index (κ2) is 5.07. The third-order valence-corrected chi connectivity index (χ3v) is 2.44. The number of hydrogen-bond donors (Lipinski definition) is 2. The van der Waals surface area contributed by atoms with E-state index in [1.54, 1.807) is 18.5 Å². The van der Waals surface area contributed by atoms with E-state index in [-0.39, 0.29) is 5.91 Å². The molecule has 0 unspecified atom stereocenters. The SMILES string of the molecule is CC[C@H](N)C(=O)Nc1ccncc1Br. The highest BCUT2D eigenvalue weighted by molar-refractivity contribution is 9.10. The van der Waals surface area contributed by atoms with Crippen LogP contribution in [-0.4, -0.2) is 16.9 Å². The van der Waals surface area contributed by atoms with Crippen molar-refractivity contribution in [1.29, 1.82) is 0 Å². The van der Waals surface area contributed by atoms with Gasteiger partial charge >= 0.3 is 0 Å². The van der Waals surface area contributed by atoms with E-state index in [0.717, 1.165) is 4.47 Å². The summed E-state index contributed by atoms with van der Waals surface area (Å²) in [5.41, 5.74) is 6.26. The summed E-state index contributed by atoms with van der Waals surface area (Å²) in [6.45, 7) is 1.87. The van der Waals surface area contributed by atoms with E-state index in [1.807, 2.05) is 6.92 Å². The lowest BCUT2D eigenvalue weighted by molar-refractivity contribution is -0.117. The Morgan fingerprint density at radius 2 is 2.50 bits per heavy atom. The molecule has 14 heavy (non-hydrogen) atoms. The third-order valence-electron chi connectivity index (χ3n) is 1.81. The zero-order chi connectivity index (χ0) is 10.6. The molecule has 0 aliphatic heterocycles. The van der Waals surface area contributed by atoms with Crippen LogP contribution in [0.4, 0.5) is 5.69 Å². The molecule has 0 spiro atoms. The maximum atomic E-state index is 11.4. The van der Waals surface area contributed by atoms with Crippen LogP contribution < -0.4 is 11.1 Å². The Bertz CT molecular complexity index is 330. The largest absolute Gasteiger partial charge is 0.324 e. The molecule has 0 bridgehead atoms. The molecule has 0 saturated carbocycles. The fourth-order valence-corrected chi connectivity index (χ4v) is 1.24. The Labute approximate surface area is 91.0 Å². The molecule has 4 nitrogen and oxygen atoms in total. The lowest BCUT2D eigenvalue weighted by atomic mass is 10.2. The molecule has 5 heteroatoms. The fraction of sp³-hybridized carbons (Fsp3) is 0.333. The van der Waals surface area contributed by atoms with Gasteiger partial charge in [0.25, 0.3) is 0 Å². The third kappa shape index (κ3) is 2.78. The molecule has 0 fully saturated rings. The van der Waals surface area contributed by atoms with Crippen molar-refractivity contribution in [3.05, 3.63) is 22.9 Å². The molecule has 0 radical (unpaired) electrons. The summed E-state index contributed by atoms with van der Waals surface area (Å²) in [5, 5.41) is 2.71. The van der Waals surface area contributed by atoms with Crippen LogP contribution in [0.15, 0.2) is 22.9 Å². The molecular weight excluding hydrogens is 246 g/mol. The molecule has 0 saturated heterocycles. The maximum Gasteiger partial charge on any atom is 0.241 e. The molecule has 1 aromatic heterocycles. The van der Waals surface area contributed by atoms with E-state index in [0.29, 0.717) is 12.1 Å². The zero-order valence-electron chi connectivity index (χ0n) is 7.83. The lowest BCUT2D eigenvalue weighted by Gasteiger charge is -2.10. The van der Waals surface area contributed by atoms with Crippen molar-refractivity contribution in [2.24, 2.45) is 5.73 Å². The van der Waals surface area contributed by atoms with Gasteiger partial charge in [-0.3, -0.25) is 9.78 Å². The van der Waals surface area contributed by atoms with Crippen molar-refractivity contribution in [2.75, 3.05) is 5.32 Å². The number of pyridine rings is 1. The minimum absolute atomic E-state index is 0.181. The van der Waals surface area contributed by atoms with Gasteiger partial charge in [-0.2, -0.15) is 0 Å². The van der Waals surface area contributed by atoms with E-state index in [2.05, 4.69) is 26.2 Å². The summed E-state index contributed by atoms with van der Waals surface area (Å²) < 4.78 is 0.747. The van der Waals surface area contributed by atoms with E-state index in [4.69, 9.17) is 5.73 Å². The van der Waals surface area contributed by atoms with Gasteiger partial charge in [0.2, 0.25) is 5.91 Å². The maximum absolute atomic E-state index is 11.4. The van der Waals surface area contributed by atoms with Crippen LogP contribution in [0.1, 0.15) is 13.3 Å². The minimum atomic E-state index is -0.463. The van der Waals surface area contributed by atoms with Crippen LogP contribution in [0.25, 0.3) is 0 Å².